The van der Waals surface area contributed by atoms with Gasteiger partial charge in [-0.15, -0.1) is 0 Å². The van der Waals surface area contributed by atoms with Crippen molar-refractivity contribution < 1.29 is 22.7 Å². The standard InChI is InChI=1S/C18H29N3O5S/c1-15(2)26-17-7-5-4-6-16(17)19-18(22)14-21(27(3,23)24)9-8-20-10-12-25-13-11-20/h4-7,15H,8-14H2,1-3H3,(H,19,22). The van der Waals surface area contributed by atoms with E-state index in [0.29, 0.717) is 31.2 Å². The molecule has 1 saturated heterocycles. The number of rotatable bonds is 9. The fourth-order valence-electron chi connectivity index (χ4n) is 2.72. The molecule has 8 nitrogen and oxygen atoms in total. The summed E-state index contributed by atoms with van der Waals surface area (Å²) in [4.78, 5) is 14.6. The summed E-state index contributed by atoms with van der Waals surface area (Å²) in [7, 11) is -3.50. The largest absolute Gasteiger partial charge is 0.489 e. The van der Waals surface area contributed by atoms with Gasteiger partial charge in [0.25, 0.3) is 0 Å². The molecule has 0 saturated carbocycles. The van der Waals surface area contributed by atoms with E-state index in [9.17, 15) is 13.2 Å². The van der Waals surface area contributed by atoms with E-state index in [1.165, 1.54) is 4.31 Å². The van der Waals surface area contributed by atoms with Crippen molar-refractivity contribution in [3.8, 4) is 5.75 Å². The SMILES string of the molecule is CC(C)Oc1ccccc1NC(=O)CN(CCN1CCOCC1)S(C)(=O)=O. The van der Waals surface area contributed by atoms with Crippen molar-refractivity contribution in [1.29, 1.82) is 0 Å². The molecule has 1 aliphatic rings. The Hall–Kier alpha value is -1.68. The van der Waals surface area contributed by atoms with Crippen LogP contribution in [0.15, 0.2) is 24.3 Å². The third-order valence-electron chi connectivity index (χ3n) is 4.08. The first-order valence-corrected chi connectivity index (χ1v) is 10.9. The number of para-hydroxylation sites is 2. The van der Waals surface area contributed by atoms with Gasteiger partial charge < -0.3 is 14.8 Å². The van der Waals surface area contributed by atoms with Crippen LogP contribution in [0.1, 0.15) is 13.8 Å². The maximum Gasteiger partial charge on any atom is 0.239 e. The second-order valence-electron chi connectivity index (χ2n) is 6.76. The molecular weight excluding hydrogens is 370 g/mol. The Labute approximate surface area is 161 Å². The zero-order valence-electron chi connectivity index (χ0n) is 16.2. The molecule has 1 aliphatic heterocycles. The molecule has 0 radical (unpaired) electrons. The van der Waals surface area contributed by atoms with Gasteiger partial charge in [-0.25, -0.2) is 8.42 Å². The maximum atomic E-state index is 12.5. The van der Waals surface area contributed by atoms with Gasteiger partial charge in [-0.2, -0.15) is 4.31 Å². The van der Waals surface area contributed by atoms with E-state index >= 15 is 0 Å². The minimum absolute atomic E-state index is 0.0379. The molecule has 1 heterocycles. The summed E-state index contributed by atoms with van der Waals surface area (Å²) in [6, 6.07) is 7.10. The number of ether oxygens (including phenoxy) is 2. The monoisotopic (exact) mass is 399 g/mol. The summed E-state index contributed by atoms with van der Waals surface area (Å²) in [5.74, 6) is 0.155. The second kappa shape index (κ2) is 10.0. The maximum absolute atomic E-state index is 12.5. The van der Waals surface area contributed by atoms with Crippen LogP contribution in [0.3, 0.4) is 0 Å². The van der Waals surface area contributed by atoms with Crippen molar-refractivity contribution in [3.05, 3.63) is 24.3 Å². The quantitative estimate of drug-likeness (QED) is 0.667. The summed E-state index contributed by atoms with van der Waals surface area (Å²) in [5.41, 5.74) is 0.526. The average molecular weight is 400 g/mol. The van der Waals surface area contributed by atoms with Crippen molar-refractivity contribution in [2.24, 2.45) is 0 Å². The van der Waals surface area contributed by atoms with Gasteiger partial charge in [-0.05, 0) is 26.0 Å². The number of hydrogen-bond acceptors (Lipinski definition) is 6. The molecule has 27 heavy (non-hydrogen) atoms. The van der Waals surface area contributed by atoms with Gasteiger partial charge >= 0.3 is 0 Å². The second-order valence-corrected chi connectivity index (χ2v) is 8.74. The van der Waals surface area contributed by atoms with E-state index in [2.05, 4.69) is 10.2 Å². The predicted octanol–water partition coefficient (Wildman–Crippen LogP) is 1.01. The fourth-order valence-corrected chi connectivity index (χ4v) is 3.48. The van der Waals surface area contributed by atoms with Crippen LogP contribution >= 0.6 is 0 Å². The molecule has 1 fully saturated rings. The molecule has 2 rings (SSSR count). The summed E-state index contributed by atoms with van der Waals surface area (Å²) in [6.07, 6.45) is 1.08. The van der Waals surface area contributed by atoms with Gasteiger partial charge in [0.15, 0.2) is 0 Å². The van der Waals surface area contributed by atoms with Crippen LogP contribution < -0.4 is 10.1 Å². The molecular formula is C18H29N3O5S. The van der Waals surface area contributed by atoms with Gasteiger partial charge in [0.1, 0.15) is 5.75 Å². The van der Waals surface area contributed by atoms with Crippen LogP contribution in [0.5, 0.6) is 5.75 Å². The van der Waals surface area contributed by atoms with E-state index in [1.807, 2.05) is 19.9 Å². The van der Waals surface area contributed by atoms with Crippen LogP contribution in [0.4, 0.5) is 5.69 Å². The molecule has 1 aromatic rings. The Morgan fingerprint density at radius 1 is 1.30 bits per heavy atom. The number of carbonyl (C=O) groups excluding carboxylic acids is 1. The van der Waals surface area contributed by atoms with E-state index in [1.54, 1.807) is 18.2 Å². The minimum Gasteiger partial charge on any atom is -0.489 e. The normalized spacial score (nSPS) is 15.9. The highest BCUT2D eigenvalue weighted by Gasteiger charge is 2.22. The topological polar surface area (TPSA) is 88.2 Å². The first kappa shape index (κ1) is 21.6. The number of sulfonamides is 1. The zero-order valence-corrected chi connectivity index (χ0v) is 17.0. The molecule has 1 aromatic carbocycles. The Kier molecular flexibility index (Phi) is 8.03. The number of morpholine rings is 1. The lowest BCUT2D eigenvalue weighted by atomic mass is 10.3. The number of hydrogen-bond donors (Lipinski definition) is 1. The molecule has 0 unspecified atom stereocenters. The number of anilines is 1. The van der Waals surface area contributed by atoms with Crippen molar-refractivity contribution >= 4 is 21.6 Å². The van der Waals surface area contributed by atoms with Crippen LogP contribution in [-0.4, -0.2) is 81.8 Å². The van der Waals surface area contributed by atoms with Gasteiger partial charge in [0.2, 0.25) is 15.9 Å². The highest BCUT2D eigenvalue weighted by atomic mass is 32.2. The summed E-state index contributed by atoms with van der Waals surface area (Å²) >= 11 is 0. The third-order valence-corrected chi connectivity index (χ3v) is 5.33. The number of nitrogens with zero attached hydrogens (tertiary/aromatic N) is 2. The Morgan fingerprint density at radius 2 is 1.96 bits per heavy atom. The third kappa shape index (κ3) is 7.45. The number of nitrogens with one attached hydrogen (secondary N) is 1. The van der Waals surface area contributed by atoms with Gasteiger partial charge in [0, 0.05) is 26.2 Å². The smallest absolute Gasteiger partial charge is 0.239 e. The van der Waals surface area contributed by atoms with Crippen molar-refractivity contribution in [2.75, 3.05) is 57.5 Å². The first-order valence-electron chi connectivity index (χ1n) is 9.06. The van der Waals surface area contributed by atoms with Crippen molar-refractivity contribution in [3.63, 3.8) is 0 Å². The lowest BCUT2D eigenvalue weighted by Gasteiger charge is -2.29. The van der Waals surface area contributed by atoms with E-state index in [0.717, 1.165) is 19.3 Å². The van der Waals surface area contributed by atoms with Gasteiger partial charge in [0.05, 0.1) is 37.8 Å². The molecule has 152 valence electrons. The van der Waals surface area contributed by atoms with Crippen LogP contribution in [0, 0.1) is 0 Å². The van der Waals surface area contributed by atoms with Crippen molar-refractivity contribution in [2.45, 2.75) is 20.0 Å². The summed E-state index contributed by atoms with van der Waals surface area (Å²) < 4.78 is 36.3. The van der Waals surface area contributed by atoms with E-state index < -0.39 is 15.9 Å². The molecule has 1 N–H and O–H groups in total. The predicted molar refractivity (Wildman–Crippen MR) is 105 cm³/mol. The van der Waals surface area contributed by atoms with Crippen LogP contribution in [-0.2, 0) is 19.6 Å². The molecule has 0 spiro atoms. The minimum atomic E-state index is -3.50. The molecule has 0 bridgehead atoms. The molecule has 0 aromatic heterocycles. The number of carbonyl (C=O) groups is 1. The van der Waals surface area contributed by atoms with Crippen LogP contribution in [0.2, 0.25) is 0 Å². The highest BCUT2D eigenvalue weighted by Crippen LogP contribution is 2.24. The lowest BCUT2D eigenvalue weighted by molar-refractivity contribution is -0.116. The van der Waals surface area contributed by atoms with E-state index in [-0.39, 0.29) is 19.2 Å². The van der Waals surface area contributed by atoms with Gasteiger partial charge in [-0.1, -0.05) is 12.1 Å². The average Bonchev–Trinajstić information content (AvgIpc) is 2.60. The Bertz CT molecular complexity index is 717. The fraction of sp³-hybridized carbons (Fsp3) is 0.611. The molecule has 0 aliphatic carbocycles. The highest BCUT2D eigenvalue weighted by molar-refractivity contribution is 7.88. The van der Waals surface area contributed by atoms with Gasteiger partial charge in [-0.3, -0.25) is 9.69 Å². The number of amides is 1. The van der Waals surface area contributed by atoms with Crippen LogP contribution in [0.25, 0.3) is 0 Å². The first-order chi connectivity index (χ1) is 12.8. The molecule has 1 amide bonds. The Balaban J connectivity index is 1.97. The lowest BCUT2D eigenvalue weighted by Crippen LogP contribution is -2.45. The van der Waals surface area contributed by atoms with E-state index in [4.69, 9.17) is 9.47 Å². The molecule has 9 heteroatoms. The Morgan fingerprint density at radius 3 is 2.59 bits per heavy atom. The molecule has 0 atom stereocenters. The zero-order chi connectivity index (χ0) is 19.9. The van der Waals surface area contributed by atoms with Crippen molar-refractivity contribution in [1.82, 2.24) is 9.21 Å². The summed E-state index contributed by atoms with van der Waals surface area (Å²) in [5, 5.41) is 2.75. The number of benzene rings is 1. The summed E-state index contributed by atoms with van der Waals surface area (Å²) in [6.45, 7) is 7.21.